The third-order valence-electron chi connectivity index (χ3n) is 3.57. The van der Waals surface area contributed by atoms with Crippen molar-refractivity contribution in [2.45, 2.75) is 32.9 Å². The molecule has 0 aliphatic heterocycles. The molecule has 1 N–H and O–H groups in total. The fraction of sp³-hybridized carbons (Fsp3) is 0.368. The van der Waals surface area contributed by atoms with Gasteiger partial charge in [0, 0.05) is 31.3 Å². The molecule has 0 fully saturated rings. The number of anilines is 1. The summed E-state index contributed by atoms with van der Waals surface area (Å²) in [5.41, 5.74) is 3.26. The van der Waals surface area contributed by atoms with Gasteiger partial charge < -0.3 is 14.7 Å². The largest absolute Gasteiger partial charge is 0.508 e. The number of allylic oxidation sites excluding steroid dienone is 2. The quantitative estimate of drug-likeness (QED) is 0.444. The fourth-order valence-corrected chi connectivity index (χ4v) is 2.34. The molecule has 3 nitrogen and oxygen atoms in total. The van der Waals surface area contributed by atoms with Crippen molar-refractivity contribution in [3.63, 3.8) is 0 Å². The Morgan fingerprint density at radius 1 is 1.41 bits per heavy atom. The van der Waals surface area contributed by atoms with Crippen molar-refractivity contribution in [1.82, 2.24) is 0 Å². The van der Waals surface area contributed by atoms with E-state index in [2.05, 4.69) is 26.0 Å². The van der Waals surface area contributed by atoms with Gasteiger partial charge in [-0.15, -0.1) is 12.3 Å². The van der Waals surface area contributed by atoms with E-state index in [1.807, 2.05) is 24.9 Å². The zero-order valence-electron chi connectivity index (χ0n) is 13.7. The number of terminal acetylenes is 1. The molecule has 0 bridgehead atoms. The molecule has 1 aromatic carbocycles. The van der Waals surface area contributed by atoms with Gasteiger partial charge in [0.05, 0.1) is 0 Å². The molecule has 22 heavy (non-hydrogen) atoms. The Hall–Kier alpha value is -2.18. The van der Waals surface area contributed by atoms with Gasteiger partial charge in [-0.25, -0.2) is 0 Å². The minimum atomic E-state index is -0.0398. The third kappa shape index (κ3) is 4.16. The Bertz CT molecular complexity index is 584. The zero-order chi connectivity index (χ0) is 16.7. The lowest BCUT2D eigenvalue weighted by atomic mass is 9.96. The molecular formula is C19H25NO2. The lowest BCUT2D eigenvalue weighted by molar-refractivity contribution is 0.0611. The number of ether oxygens (including phenoxy) is 1. The van der Waals surface area contributed by atoms with Gasteiger partial charge in [-0.05, 0) is 42.7 Å². The Morgan fingerprint density at radius 2 is 2.09 bits per heavy atom. The molecule has 3 heteroatoms. The highest BCUT2D eigenvalue weighted by atomic mass is 16.5. The average molecular weight is 299 g/mol. The Morgan fingerprint density at radius 3 is 2.64 bits per heavy atom. The number of hydrogen-bond acceptors (Lipinski definition) is 3. The van der Waals surface area contributed by atoms with Gasteiger partial charge in [-0.1, -0.05) is 20.1 Å². The van der Waals surface area contributed by atoms with E-state index in [0.29, 0.717) is 13.0 Å². The lowest BCUT2D eigenvalue weighted by Gasteiger charge is -2.31. The average Bonchev–Trinajstić information content (AvgIpc) is 2.51. The van der Waals surface area contributed by atoms with Crippen molar-refractivity contribution < 1.29 is 9.84 Å². The van der Waals surface area contributed by atoms with Crippen LogP contribution in [0.2, 0.25) is 0 Å². The molecule has 0 saturated carbocycles. The smallest absolute Gasteiger partial charge is 0.129 e. The SMILES string of the molecule is C#CCC(=C)C(=C)c1cc(O)ccc1N(C)C(CC)OCC. The number of rotatable bonds is 8. The second kappa shape index (κ2) is 8.31. The highest BCUT2D eigenvalue weighted by Gasteiger charge is 2.18. The summed E-state index contributed by atoms with van der Waals surface area (Å²) in [4.78, 5) is 2.05. The number of nitrogens with zero attached hydrogens (tertiary/aromatic N) is 1. The fourth-order valence-electron chi connectivity index (χ4n) is 2.34. The molecule has 1 aromatic rings. The van der Waals surface area contributed by atoms with Crippen LogP contribution in [0.4, 0.5) is 5.69 Å². The van der Waals surface area contributed by atoms with Crippen molar-refractivity contribution >= 4 is 11.3 Å². The summed E-state index contributed by atoms with van der Waals surface area (Å²) in [6.07, 6.45) is 6.59. The Balaban J connectivity index is 3.23. The first-order valence-electron chi connectivity index (χ1n) is 7.44. The molecule has 0 heterocycles. The van der Waals surface area contributed by atoms with E-state index in [4.69, 9.17) is 11.2 Å². The minimum Gasteiger partial charge on any atom is -0.508 e. The molecule has 0 aromatic heterocycles. The standard InChI is InChI=1S/C19H25NO2/c1-7-10-14(4)15(5)17-13-16(21)11-12-18(17)20(6)19(8-2)22-9-3/h1,11-13,19,21H,4-5,8-10H2,2-3,6H3. The number of aromatic hydroxyl groups is 1. The van der Waals surface area contributed by atoms with Crippen LogP contribution in [-0.2, 0) is 4.74 Å². The maximum atomic E-state index is 9.82. The first-order valence-corrected chi connectivity index (χ1v) is 7.44. The summed E-state index contributed by atoms with van der Waals surface area (Å²) in [7, 11) is 1.97. The van der Waals surface area contributed by atoms with E-state index in [0.717, 1.165) is 28.8 Å². The van der Waals surface area contributed by atoms with Crippen LogP contribution in [0, 0.1) is 12.3 Å². The monoisotopic (exact) mass is 299 g/mol. The third-order valence-corrected chi connectivity index (χ3v) is 3.57. The number of hydrogen-bond donors (Lipinski definition) is 1. The van der Waals surface area contributed by atoms with Gasteiger partial charge in [0.2, 0.25) is 0 Å². The Kier molecular flexibility index (Phi) is 6.75. The number of phenolic OH excluding ortho intramolecular Hbond substituents is 1. The summed E-state index contributed by atoms with van der Waals surface area (Å²) < 4.78 is 5.76. The van der Waals surface area contributed by atoms with Crippen LogP contribution in [-0.4, -0.2) is 25.0 Å². The first kappa shape index (κ1) is 17.9. The summed E-state index contributed by atoms with van der Waals surface area (Å²) in [6, 6.07) is 5.21. The Labute approximate surface area is 133 Å². The van der Waals surface area contributed by atoms with Crippen LogP contribution in [0.25, 0.3) is 5.57 Å². The second-order valence-electron chi connectivity index (χ2n) is 5.09. The molecule has 1 rings (SSSR count). The molecular weight excluding hydrogens is 274 g/mol. The molecule has 0 aliphatic carbocycles. The van der Waals surface area contributed by atoms with Crippen LogP contribution in [0.15, 0.2) is 36.9 Å². The van der Waals surface area contributed by atoms with Crippen LogP contribution >= 0.6 is 0 Å². The van der Waals surface area contributed by atoms with E-state index in [1.165, 1.54) is 0 Å². The van der Waals surface area contributed by atoms with Crippen molar-refractivity contribution in [2.24, 2.45) is 0 Å². The van der Waals surface area contributed by atoms with E-state index in [1.54, 1.807) is 12.1 Å². The van der Waals surface area contributed by atoms with Gasteiger partial charge in [0.15, 0.2) is 0 Å². The summed E-state index contributed by atoms with van der Waals surface area (Å²) in [5.74, 6) is 2.76. The molecule has 0 amide bonds. The van der Waals surface area contributed by atoms with Crippen LogP contribution in [0.5, 0.6) is 5.75 Å². The van der Waals surface area contributed by atoms with Crippen LogP contribution in [0.1, 0.15) is 32.3 Å². The predicted molar refractivity (Wildman–Crippen MR) is 93.8 cm³/mol. The molecule has 1 unspecified atom stereocenters. The maximum Gasteiger partial charge on any atom is 0.129 e. The second-order valence-corrected chi connectivity index (χ2v) is 5.09. The summed E-state index contributed by atoms with van der Waals surface area (Å²) in [6.45, 7) is 12.8. The van der Waals surface area contributed by atoms with E-state index >= 15 is 0 Å². The van der Waals surface area contributed by atoms with Crippen molar-refractivity contribution in [2.75, 3.05) is 18.6 Å². The van der Waals surface area contributed by atoms with E-state index < -0.39 is 0 Å². The summed E-state index contributed by atoms with van der Waals surface area (Å²) >= 11 is 0. The molecule has 118 valence electrons. The maximum absolute atomic E-state index is 9.82. The molecule has 0 aliphatic rings. The van der Waals surface area contributed by atoms with Gasteiger partial charge in [0.1, 0.15) is 12.0 Å². The number of benzene rings is 1. The van der Waals surface area contributed by atoms with Gasteiger partial charge >= 0.3 is 0 Å². The highest BCUT2D eigenvalue weighted by molar-refractivity contribution is 5.85. The molecule has 0 spiro atoms. The normalized spacial score (nSPS) is 11.5. The molecule has 1 atom stereocenters. The molecule has 0 saturated heterocycles. The van der Waals surface area contributed by atoms with Crippen molar-refractivity contribution in [3.8, 4) is 18.1 Å². The highest BCUT2D eigenvalue weighted by Crippen LogP contribution is 2.34. The minimum absolute atomic E-state index is 0.0398. The van der Waals surface area contributed by atoms with Gasteiger partial charge in [-0.2, -0.15) is 0 Å². The summed E-state index contributed by atoms with van der Waals surface area (Å²) in [5, 5.41) is 9.82. The predicted octanol–water partition coefficient (Wildman–Crippen LogP) is 4.19. The lowest BCUT2D eigenvalue weighted by Crippen LogP contribution is -2.34. The van der Waals surface area contributed by atoms with Gasteiger partial charge in [-0.3, -0.25) is 0 Å². The first-order chi connectivity index (χ1) is 10.5. The van der Waals surface area contributed by atoms with Crippen LogP contribution in [0.3, 0.4) is 0 Å². The van der Waals surface area contributed by atoms with Gasteiger partial charge in [0.25, 0.3) is 0 Å². The number of phenols is 1. The van der Waals surface area contributed by atoms with E-state index in [9.17, 15) is 5.11 Å². The van der Waals surface area contributed by atoms with Crippen molar-refractivity contribution in [3.05, 3.63) is 42.5 Å². The molecule has 0 radical (unpaired) electrons. The van der Waals surface area contributed by atoms with E-state index in [-0.39, 0.29) is 12.0 Å². The zero-order valence-corrected chi connectivity index (χ0v) is 13.7. The van der Waals surface area contributed by atoms with Crippen LogP contribution < -0.4 is 4.90 Å². The van der Waals surface area contributed by atoms with Crippen molar-refractivity contribution in [1.29, 1.82) is 0 Å². The topological polar surface area (TPSA) is 32.7 Å².